The van der Waals surface area contributed by atoms with Gasteiger partial charge in [-0.05, 0) is 67.5 Å². The summed E-state index contributed by atoms with van der Waals surface area (Å²) in [4.78, 5) is 32.7. The Labute approximate surface area is 243 Å². The van der Waals surface area contributed by atoms with Crippen molar-refractivity contribution in [1.82, 2.24) is 4.90 Å². The van der Waals surface area contributed by atoms with Gasteiger partial charge in [0.2, 0.25) is 5.91 Å². The molecule has 3 atom stereocenters. The summed E-state index contributed by atoms with van der Waals surface area (Å²) in [6.45, 7) is 12.1. The van der Waals surface area contributed by atoms with E-state index in [9.17, 15) is 9.59 Å². The highest BCUT2D eigenvalue weighted by atomic mass is 35.5. The molecule has 2 heterocycles. The number of ether oxygens (including phenoxy) is 1. The van der Waals surface area contributed by atoms with Gasteiger partial charge >= 0.3 is 0 Å². The number of hydrogen-bond acceptors (Lipinski definition) is 3. The lowest BCUT2D eigenvalue weighted by Crippen LogP contribution is -2.63. The van der Waals surface area contributed by atoms with Gasteiger partial charge in [0.05, 0.1) is 5.69 Å². The number of allylic oxidation sites excluding steroid dienone is 1. The fourth-order valence-electron chi connectivity index (χ4n) is 6.17. The minimum Gasteiger partial charge on any atom is -0.361 e. The normalized spacial score (nSPS) is 24.9. The van der Waals surface area contributed by atoms with Crippen LogP contribution in [0.2, 0.25) is 35.7 Å². The first-order valence-electron chi connectivity index (χ1n) is 13.9. The zero-order chi connectivity index (χ0) is 27.9. The van der Waals surface area contributed by atoms with E-state index in [1.54, 1.807) is 4.90 Å². The van der Waals surface area contributed by atoms with Crippen LogP contribution in [0.25, 0.3) is 0 Å². The number of piperidine rings is 1. The summed E-state index contributed by atoms with van der Waals surface area (Å²) in [6.07, 6.45) is 5.05. The summed E-state index contributed by atoms with van der Waals surface area (Å²) in [5, 5.41) is 1.16. The van der Waals surface area contributed by atoms with Gasteiger partial charge in [-0.3, -0.25) is 14.5 Å². The van der Waals surface area contributed by atoms with Gasteiger partial charge in [0.25, 0.3) is 5.91 Å². The van der Waals surface area contributed by atoms with Gasteiger partial charge in [0.15, 0.2) is 5.54 Å². The highest BCUT2D eigenvalue weighted by molar-refractivity contribution is 6.76. The SMILES string of the molecule is C=CC[C@@H]1C[C@@H](c2cccc(Cl)c2)C2(C(=O)N(COCC[Si](C)(C)C)c3cc(Cl)ccc32)N(CC2CC2)C1=O. The van der Waals surface area contributed by atoms with Crippen molar-refractivity contribution in [2.24, 2.45) is 11.8 Å². The second-order valence-electron chi connectivity index (χ2n) is 12.5. The van der Waals surface area contributed by atoms with Crippen LogP contribution in [0.5, 0.6) is 0 Å². The first-order valence-corrected chi connectivity index (χ1v) is 18.4. The van der Waals surface area contributed by atoms with Crippen LogP contribution in [-0.2, 0) is 19.9 Å². The van der Waals surface area contributed by atoms with Crippen molar-refractivity contribution in [3.8, 4) is 0 Å². The second-order valence-corrected chi connectivity index (χ2v) is 19.0. The summed E-state index contributed by atoms with van der Waals surface area (Å²) in [5.41, 5.74) is 1.31. The highest BCUT2D eigenvalue weighted by Crippen LogP contribution is 2.58. The maximum atomic E-state index is 14.9. The standard InChI is InChI=1S/C31H38Cl2N2O3Si/c1-5-7-23-17-27(22-8-6-9-24(32)16-22)31(35(29(23)36)19-21-10-11-21)26-13-12-25(33)18-28(26)34(30(31)37)20-38-14-15-39(2,3)4/h5-6,8-9,12-13,16,18,21,23,27H,1,7,10-11,14-15,17,19-20H2,2-4H3/t23-,27+,31?/m1/s1. The molecule has 0 bridgehead atoms. The molecule has 1 saturated carbocycles. The van der Waals surface area contributed by atoms with E-state index >= 15 is 0 Å². The van der Waals surface area contributed by atoms with Crippen LogP contribution >= 0.6 is 23.2 Å². The van der Waals surface area contributed by atoms with Crippen LogP contribution < -0.4 is 4.90 Å². The summed E-state index contributed by atoms with van der Waals surface area (Å²) >= 11 is 13.0. The molecule has 2 amide bonds. The maximum absolute atomic E-state index is 14.9. The molecule has 3 aliphatic rings. The Bertz CT molecular complexity index is 1270. The van der Waals surface area contributed by atoms with Gasteiger partial charge in [0, 0.05) is 48.7 Å². The Balaban J connectivity index is 1.65. The molecular formula is C31H38Cl2N2O3Si. The van der Waals surface area contributed by atoms with E-state index in [0.29, 0.717) is 42.0 Å². The van der Waals surface area contributed by atoms with Gasteiger partial charge in [-0.25, -0.2) is 0 Å². The predicted octanol–water partition coefficient (Wildman–Crippen LogP) is 7.47. The molecular weight excluding hydrogens is 547 g/mol. The predicted molar refractivity (Wildman–Crippen MR) is 161 cm³/mol. The van der Waals surface area contributed by atoms with Gasteiger partial charge in [0.1, 0.15) is 6.73 Å². The summed E-state index contributed by atoms with van der Waals surface area (Å²) in [5.74, 6) is -0.225. The Morgan fingerprint density at radius 2 is 1.85 bits per heavy atom. The molecule has 5 nitrogen and oxygen atoms in total. The number of hydrogen-bond donors (Lipinski definition) is 0. The van der Waals surface area contributed by atoms with E-state index in [4.69, 9.17) is 27.9 Å². The first kappa shape index (κ1) is 28.4. The molecule has 208 valence electrons. The van der Waals surface area contributed by atoms with E-state index in [-0.39, 0.29) is 30.4 Å². The van der Waals surface area contributed by atoms with E-state index in [0.717, 1.165) is 35.7 Å². The molecule has 0 radical (unpaired) electrons. The fourth-order valence-corrected chi connectivity index (χ4v) is 7.29. The fraction of sp³-hybridized carbons (Fsp3) is 0.484. The topological polar surface area (TPSA) is 49.9 Å². The number of carbonyl (C=O) groups is 2. The third kappa shape index (κ3) is 5.46. The molecule has 0 N–H and O–H groups in total. The molecule has 1 unspecified atom stereocenters. The lowest BCUT2D eigenvalue weighted by molar-refractivity contribution is -0.159. The van der Waals surface area contributed by atoms with Crippen molar-refractivity contribution in [1.29, 1.82) is 0 Å². The first-order chi connectivity index (χ1) is 18.6. The van der Waals surface area contributed by atoms with Crippen molar-refractivity contribution in [3.63, 3.8) is 0 Å². The number of fused-ring (bicyclic) bond motifs is 2. The van der Waals surface area contributed by atoms with Crippen LogP contribution in [0.4, 0.5) is 5.69 Å². The summed E-state index contributed by atoms with van der Waals surface area (Å²) in [7, 11) is -1.30. The van der Waals surface area contributed by atoms with E-state index in [1.165, 1.54) is 0 Å². The van der Waals surface area contributed by atoms with Crippen molar-refractivity contribution >= 4 is 48.8 Å². The zero-order valence-electron chi connectivity index (χ0n) is 23.1. The van der Waals surface area contributed by atoms with Gasteiger partial charge in [-0.1, -0.05) is 67.1 Å². The van der Waals surface area contributed by atoms with E-state index in [2.05, 4.69) is 26.2 Å². The average Bonchev–Trinajstić information content (AvgIpc) is 3.66. The van der Waals surface area contributed by atoms with Crippen LogP contribution in [0.15, 0.2) is 55.1 Å². The maximum Gasteiger partial charge on any atom is 0.260 e. The molecule has 39 heavy (non-hydrogen) atoms. The van der Waals surface area contributed by atoms with Crippen molar-refractivity contribution < 1.29 is 14.3 Å². The molecule has 1 aliphatic carbocycles. The molecule has 0 aromatic heterocycles. The Morgan fingerprint density at radius 3 is 2.51 bits per heavy atom. The third-order valence-corrected chi connectivity index (χ3v) is 10.5. The minimum atomic E-state index is -1.30. The third-order valence-electron chi connectivity index (χ3n) is 8.35. The lowest BCUT2D eigenvalue weighted by atomic mass is 9.66. The molecule has 2 aliphatic heterocycles. The van der Waals surface area contributed by atoms with Crippen LogP contribution in [0.3, 0.4) is 0 Å². The Hall–Kier alpha value is -2.12. The van der Waals surface area contributed by atoms with Crippen LogP contribution in [-0.4, -0.2) is 44.7 Å². The number of nitrogens with zero attached hydrogens (tertiary/aromatic N) is 2. The number of likely N-dealkylation sites (tertiary alicyclic amines) is 1. The van der Waals surface area contributed by atoms with Crippen molar-refractivity contribution in [3.05, 3.63) is 76.3 Å². The Kier molecular flexibility index (Phi) is 8.04. The largest absolute Gasteiger partial charge is 0.361 e. The number of amides is 2. The summed E-state index contributed by atoms with van der Waals surface area (Å²) < 4.78 is 6.13. The highest BCUT2D eigenvalue weighted by Gasteiger charge is 2.64. The zero-order valence-corrected chi connectivity index (χ0v) is 25.6. The minimum absolute atomic E-state index is 0.0239. The average molecular weight is 586 g/mol. The molecule has 1 spiro atoms. The molecule has 8 heteroatoms. The molecule has 2 aromatic carbocycles. The number of carbonyl (C=O) groups excluding carboxylic acids is 2. The van der Waals surface area contributed by atoms with Gasteiger partial charge < -0.3 is 9.64 Å². The summed E-state index contributed by atoms with van der Waals surface area (Å²) in [6, 6.07) is 14.4. The lowest BCUT2D eigenvalue weighted by Gasteiger charge is -2.51. The molecule has 1 saturated heterocycles. The molecule has 2 fully saturated rings. The van der Waals surface area contributed by atoms with Gasteiger partial charge in [-0.15, -0.1) is 6.58 Å². The van der Waals surface area contributed by atoms with Crippen LogP contribution in [0, 0.1) is 11.8 Å². The molecule has 2 aromatic rings. The van der Waals surface area contributed by atoms with Gasteiger partial charge in [-0.2, -0.15) is 0 Å². The smallest absolute Gasteiger partial charge is 0.260 e. The van der Waals surface area contributed by atoms with Crippen molar-refractivity contribution in [2.75, 3.05) is 24.8 Å². The van der Waals surface area contributed by atoms with Crippen LogP contribution in [0.1, 0.15) is 42.7 Å². The van der Waals surface area contributed by atoms with Crippen molar-refractivity contribution in [2.45, 2.75) is 62.8 Å². The Morgan fingerprint density at radius 1 is 1.10 bits per heavy atom. The molecule has 5 rings (SSSR count). The number of anilines is 1. The van der Waals surface area contributed by atoms with E-state index in [1.807, 2.05) is 53.4 Å². The monoisotopic (exact) mass is 584 g/mol. The number of rotatable bonds is 10. The number of halogens is 2. The quantitative estimate of drug-likeness (QED) is 0.165. The second kappa shape index (κ2) is 11.0. The van der Waals surface area contributed by atoms with E-state index < -0.39 is 13.6 Å². The number of benzene rings is 2.